The second kappa shape index (κ2) is 5.74. The number of anilines is 1. The molecule has 7 heteroatoms. The quantitative estimate of drug-likeness (QED) is 0.748. The molecule has 0 saturated carbocycles. The summed E-state index contributed by atoms with van der Waals surface area (Å²) >= 11 is 0. The fourth-order valence-electron chi connectivity index (χ4n) is 0.952. The summed E-state index contributed by atoms with van der Waals surface area (Å²) in [6.45, 7) is 4.21. The summed E-state index contributed by atoms with van der Waals surface area (Å²) in [7, 11) is 0. The molecule has 7 nitrogen and oxygen atoms in total. The molecule has 1 aromatic rings. The van der Waals surface area contributed by atoms with Gasteiger partial charge in [0.1, 0.15) is 0 Å². The van der Waals surface area contributed by atoms with Crippen molar-refractivity contribution in [3.63, 3.8) is 0 Å². The highest BCUT2D eigenvalue weighted by atomic mass is 16.5. The number of esters is 1. The Labute approximate surface area is 92.1 Å². The zero-order valence-electron chi connectivity index (χ0n) is 9.07. The summed E-state index contributed by atoms with van der Waals surface area (Å²) in [5.74, 6) is -0.496. The van der Waals surface area contributed by atoms with Crippen molar-refractivity contribution in [3.05, 3.63) is 11.8 Å². The molecule has 0 fully saturated rings. The number of carbonyl (C=O) groups excluding carboxylic acids is 2. The SMILES string of the molecule is CCNC(=O)Nc1cc(C(=O)OCC)no1. The highest BCUT2D eigenvalue weighted by Crippen LogP contribution is 2.10. The Balaban J connectivity index is 2.57. The Morgan fingerprint density at radius 2 is 2.25 bits per heavy atom. The van der Waals surface area contributed by atoms with Gasteiger partial charge in [-0.2, -0.15) is 0 Å². The lowest BCUT2D eigenvalue weighted by atomic mass is 10.4. The van der Waals surface area contributed by atoms with E-state index in [1.54, 1.807) is 13.8 Å². The number of hydrogen-bond acceptors (Lipinski definition) is 5. The summed E-state index contributed by atoms with van der Waals surface area (Å²) in [6.07, 6.45) is 0. The average Bonchev–Trinajstić information content (AvgIpc) is 2.67. The number of amides is 2. The smallest absolute Gasteiger partial charge is 0.360 e. The van der Waals surface area contributed by atoms with E-state index >= 15 is 0 Å². The topological polar surface area (TPSA) is 93.5 Å². The summed E-state index contributed by atoms with van der Waals surface area (Å²) in [6, 6.07) is 0.877. The molecule has 0 aliphatic heterocycles. The molecular formula is C9H13N3O4. The standard InChI is InChI=1S/C9H13N3O4/c1-3-10-9(14)11-7-5-6(12-16-7)8(13)15-4-2/h5H,3-4H2,1-2H3,(H2,10,11,14). The lowest BCUT2D eigenvalue weighted by Crippen LogP contribution is -2.27. The second-order valence-corrected chi connectivity index (χ2v) is 2.78. The van der Waals surface area contributed by atoms with Crippen molar-refractivity contribution in [1.82, 2.24) is 10.5 Å². The average molecular weight is 227 g/mol. The van der Waals surface area contributed by atoms with E-state index in [2.05, 4.69) is 15.8 Å². The van der Waals surface area contributed by atoms with Crippen LogP contribution in [0.5, 0.6) is 0 Å². The van der Waals surface area contributed by atoms with Crippen molar-refractivity contribution in [2.45, 2.75) is 13.8 Å². The predicted octanol–water partition coefficient (Wildman–Crippen LogP) is 0.993. The van der Waals surface area contributed by atoms with Gasteiger partial charge >= 0.3 is 12.0 Å². The van der Waals surface area contributed by atoms with E-state index < -0.39 is 12.0 Å². The minimum absolute atomic E-state index is 0.0219. The molecule has 16 heavy (non-hydrogen) atoms. The molecule has 2 amide bonds. The fourth-order valence-corrected chi connectivity index (χ4v) is 0.952. The van der Waals surface area contributed by atoms with E-state index in [1.807, 2.05) is 0 Å². The monoisotopic (exact) mass is 227 g/mol. The maximum absolute atomic E-state index is 11.2. The first-order valence-electron chi connectivity index (χ1n) is 4.86. The van der Waals surface area contributed by atoms with Crippen LogP contribution in [0.25, 0.3) is 0 Å². The third-order valence-electron chi connectivity index (χ3n) is 1.57. The molecule has 0 unspecified atom stereocenters. The van der Waals surface area contributed by atoms with E-state index in [0.29, 0.717) is 6.54 Å². The van der Waals surface area contributed by atoms with Gasteiger partial charge in [-0.1, -0.05) is 5.16 Å². The van der Waals surface area contributed by atoms with E-state index in [4.69, 9.17) is 9.26 Å². The molecule has 2 N–H and O–H groups in total. The Morgan fingerprint density at radius 1 is 1.50 bits per heavy atom. The highest BCUT2D eigenvalue weighted by Gasteiger charge is 2.14. The van der Waals surface area contributed by atoms with E-state index in [-0.39, 0.29) is 18.2 Å². The van der Waals surface area contributed by atoms with Gasteiger partial charge < -0.3 is 14.6 Å². The van der Waals surface area contributed by atoms with Crippen LogP contribution in [0.2, 0.25) is 0 Å². The largest absolute Gasteiger partial charge is 0.461 e. The van der Waals surface area contributed by atoms with Crippen LogP contribution in [-0.4, -0.2) is 30.3 Å². The number of hydrogen-bond donors (Lipinski definition) is 2. The van der Waals surface area contributed by atoms with Crippen molar-refractivity contribution in [3.8, 4) is 0 Å². The van der Waals surface area contributed by atoms with Crippen molar-refractivity contribution in [2.24, 2.45) is 0 Å². The molecular weight excluding hydrogens is 214 g/mol. The molecule has 0 spiro atoms. The molecule has 1 rings (SSSR count). The first kappa shape index (κ1) is 12.0. The van der Waals surface area contributed by atoms with Gasteiger partial charge in [-0.25, -0.2) is 9.59 Å². The van der Waals surface area contributed by atoms with Gasteiger partial charge in [0.25, 0.3) is 0 Å². The number of carbonyl (C=O) groups is 2. The van der Waals surface area contributed by atoms with Crippen molar-refractivity contribution >= 4 is 17.9 Å². The lowest BCUT2D eigenvalue weighted by Gasteiger charge is -1.99. The molecule has 0 saturated heterocycles. The summed E-state index contributed by atoms with van der Waals surface area (Å²) in [5.41, 5.74) is 0.0219. The van der Waals surface area contributed by atoms with Crippen LogP contribution in [-0.2, 0) is 4.74 Å². The summed E-state index contributed by atoms with van der Waals surface area (Å²) < 4.78 is 9.43. The predicted molar refractivity (Wildman–Crippen MR) is 55.2 cm³/mol. The fraction of sp³-hybridized carbons (Fsp3) is 0.444. The van der Waals surface area contributed by atoms with Gasteiger partial charge in [0.05, 0.1) is 6.61 Å². The molecule has 88 valence electrons. The number of ether oxygens (including phenoxy) is 1. The molecule has 0 bridgehead atoms. The first-order valence-corrected chi connectivity index (χ1v) is 4.86. The van der Waals surface area contributed by atoms with Crippen LogP contribution in [0.15, 0.2) is 10.6 Å². The van der Waals surface area contributed by atoms with Gasteiger partial charge in [0.15, 0.2) is 5.69 Å². The van der Waals surface area contributed by atoms with E-state index in [0.717, 1.165) is 0 Å². The molecule has 0 aliphatic rings. The van der Waals surface area contributed by atoms with Gasteiger partial charge in [0, 0.05) is 12.6 Å². The highest BCUT2D eigenvalue weighted by molar-refractivity contribution is 5.91. The maximum atomic E-state index is 11.2. The van der Waals surface area contributed by atoms with Crippen molar-refractivity contribution in [1.29, 1.82) is 0 Å². The Morgan fingerprint density at radius 3 is 2.88 bits per heavy atom. The van der Waals surface area contributed by atoms with Crippen LogP contribution in [0.1, 0.15) is 24.3 Å². The molecule has 0 radical (unpaired) electrons. The summed E-state index contributed by atoms with van der Waals surface area (Å²) in [5, 5.41) is 8.33. The zero-order valence-corrected chi connectivity index (χ0v) is 9.07. The zero-order chi connectivity index (χ0) is 12.0. The maximum Gasteiger partial charge on any atom is 0.360 e. The first-order chi connectivity index (χ1) is 7.67. The van der Waals surface area contributed by atoms with Gasteiger partial charge in [-0.15, -0.1) is 0 Å². The number of urea groups is 1. The van der Waals surface area contributed by atoms with Gasteiger partial charge in [-0.05, 0) is 13.8 Å². The number of nitrogens with zero attached hydrogens (tertiary/aromatic N) is 1. The molecule has 0 aromatic carbocycles. The Kier molecular flexibility index (Phi) is 4.31. The lowest BCUT2D eigenvalue weighted by molar-refractivity contribution is 0.0514. The van der Waals surface area contributed by atoms with Gasteiger partial charge in [0.2, 0.25) is 5.88 Å². The molecule has 1 heterocycles. The third-order valence-corrected chi connectivity index (χ3v) is 1.57. The van der Waals surface area contributed by atoms with Crippen LogP contribution in [0, 0.1) is 0 Å². The number of rotatable bonds is 4. The third kappa shape index (κ3) is 3.26. The minimum Gasteiger partial charge on any atom is -0.461 e. The Hall–Kier alpha value is -2.05. The molecule has 1 aromatic heterocycles. The van der Waals surface area contributed by atoms with Crippen molar-refractivity contribution < 1.29 is 18.8 Å². The second-order valence-electron chi connectivity index (χ2n) is 2.78. The number of aromatic nitrogens is 1. The minimum atomic E-state index is -0.588. The Bertz CT molecular complexity index is 375. The van der Waals surface area contributed by atoms with E-state index in [1.165, 1.54) is 6.07 Å². The number of nitrogens with one attached hydrogen (secondary N) is 2. The van der Waals surface area contributed by atoms with Crippen LogP contribution in [0.3, 0.4) is 0 Å². The molecule has 0 atom stereocenters. The van der Waals surface area contributed by atoms with Crippen LogP contribution in [0.4, 0.5) is 10.7 Å². The van der Waals surface area contributed by atoms with Crippen LogP contribution >= 0.6 is 0 Å². The van der Waals surface area contributed by atoms with Crippen molar-refractivity contribution in [2.75, 3.05) is 18.5 Å². The van der Waals surface area contributed by atoms with Crippen LogP contribution < -0.4 is 10.6 Å². The van der Waals surface area contributed by atoms with Gasteiger partial charge in [-0.3, -0.25) is 5.32 Å². The molecule has 0 aliphatic carbocycles. The summed E-state index contributed by atoms with van der Waals surface area (Å²) in [4.78, 5) is 22.3. The normalized spacial score (nSPS) is 9.62. The van der Waals surface area contributed by atoms with E-state index in [9.17, 15) is 9.59 Å².